The van der Waals surface area contributed by atoms with Gasteiger partial charge in [-0.15, -0.1) is 0 Å². The van der Waals surface area contributed by atoms with Gasteiger partial charge in [0.05, 0.1) is 12.2 Å². The van der Waals surface area contributed by atoms with Crippen LogP contribution >= 0.6 is 0 Å². The van der Waals surface area contributed by atoms with E-state index in [0.717, 1.165) is 17.7 Å². The second-order valence-electron chi connectivity index (χ2n) is 4.03. The Bertz CT molecular complexity index is 558. The van der Waals surface area contributed by atoms with Crippen LogP contribution in [0.1, 0.15) is 16.8 Å². The van der Waals surface area contributed by atoms with Crippen molar-refractivity contribution < 1.29 is 4.74 Å². The average Bonchev–Trinajstić information content (AvgIpc) is 2.40. The molecule has 0 aliphatic carbocycles. The first-order valence-corrected chi connectivity index (χ1v) is 5.83. The fraction of sp³-hybridized carbons (Fsp3) is 0.200. The molecule has 18 heavy (non-hydrogen) atoms. The van der Waals surface area contributed by atoms with Crippen LogP contribution < -0.4 is 4.74 Å². The van der Waals surface area contributed by atoms with Gasteiger partial charge < -0.3 is 4.74 Å². The van der Waals surface area contributed by atoms with E-state index in [-0.39, 0.29) is 0 Å². The fourth-order valence-corrected chi connectivity index (χ4v) is 1.65. The number of nitriles is 1. The summed E-state index contributed by atoms with van der Waals surface area (Å²) >= 11 is 0. The number of nitrogens with zero attached hydrogens (tertiary/aromatic N) is 2. The molecule has 0 atom stereocenters. The molecule has 3 heteroatoms. The van der Waals surface area contributed by atoms with Crippen molar-refractivity contribution in [1.82, 2.24) is 4.98 Å². The highest BCUT2D eigenvalue weighted by Crippen LogP contribution is 2.19. The van der Waals surface area contributed by atoms with Gasteiger partial charge in [-0.25, -0.2) is 0 Å². The molecule has 2 rings (SSSR count). The highest BCUT2D eigenvalue weighted by atomic mass is 16.5. The lowest BCUT2D eigenvalue weighted by atomic mass is 10.1. The molecule has 0 amide bonds. The maximum Gasteiger partial charge on any atom is 0.137 e. The van der Waals surface area contributed by atoms with Crippen molar-refractivity contribution >= 4 is 0 Å². The Kier molecular flexibility index (Phi) is 3.93. The van der Waals surface area contributed by atoms with Crippen LogP contribution in [0.2, 0.25) is 0 Å². The monoisotopic (exact) mass is 238 g/mol. The van der Waals surface area contributed by atoms with Gasteiger partial charge in [-0.3, -0.25) is 4.98 Å². The first-order valence-electron chi connectivity index (χ1n) is 5.83. The molecule has 0 fully saturated rings. The zero-order chi connectivity index (χ0) is 12.8. The number of pyridine rings is 1. The summed E-state index contributed by atoms with van der Waals surface area (Å²) in [5.41, 5.74) is 2.65. The molecule has 1 aromatic heterocycles. The minimum absolute atomic E-state index is 0.523. The molecule has 90 valence electrons. The third kappa shape index (κ3) is 3.08. The lowest BCUT2D eigenvalue weighted by molar-refractivity contribution is 0.319. The number of hydrogen-bond acceptors (Lipinski definition) is 3. The van der Waals surface area contributed by atoms with E-state index in [1.165, 1.54) is 0 Å². The van der Waals surface area contributed by atoms with Crippen molar-refractivity contribution in [2.45, 2.75) is 13.3 Å². The SMILES string of the molecule is Cc1ccc(C#N)c(OCCc2ccccn2)c1. The molecule has 0 radical (unpaired) electrons. The first kappa shape index (κ1) is 12.1. The predicted molar refractivity (Wildman–Crippen MR) is 69.3 cm³/mol. The van der Waals surface area contributed by atoms with Crippen LogP contribution in [0.25, 0.3) is 0 Å². The Morgan fingerprint density at radius 1 is 1.28 bits per heavy atom. The van der Waals surface area contributed by atoms with Gasteiger partial charge in [-0.05, 0) is 36.8 Å². The second kappa shape index (κ2) is 5.83. The standard InChI is InChI=1S/C15H14N2O/c1-12-5-6-13(11-16)15(10-12)18-9-7-14-4-2-3-8-17-14/h2-6,8,10H,7,9H2,1H3. The van der Waals surface area contributed by atoms with Crippen LogP contribution in [0.3, 0.4) is 0 Å². The summed E-state index contributed by atoms with van der Waals surface area (Å²) in [5.74, 6) is 0.647. The molecule has 0 aliphatic rings. The van der Waals surface area contributed by atoms with Gasteiger partial charge >= 0.3 is 0 Å². The van der Waals surface area contributed by atoms with E-state index >= 15 is 0 Å². The Morgan fingerprint density at radius 3 is 2.89 bits per heavy atom. The summed E-state index contributed by atoms with van der Waals surface area (Å²) in [7, 11) is 0. The van der Waals surface area contributed by atoms with E-state index in [0.29, 0.717) is 17.9 Å². The molecule has 0 bridgehead atoms. The zero-order valence-electron chi connectivity index (χ0n) is 10.3. The first-order chi connectivity index (χ1) is 8.79. The Balaban J connectivity index is 1.98. The number of aromatic nitrogens is 1. The Hall–Kier alpha value is -2.34. The number of hydrogen-bond donors (Lipinski definition) is 0. The summed E-state index contributed by atoms with van der Waals surface area (Å²) in [4.78, 5) is 4.23. The molecule has 1 aromatic carbocycles. The van der Waals surface area contributed by atoms with Crippen molar-refractivity contribution in [2.24, 2.45) is 0 Å². The van der Waals surface area contributed by atoms with E-state index in [1.54, 1.807) is 12.3 Å². The third-order valence-electron chi connectivity index (χ3n) is 2.60. The van der Waals surface area contributed by atoms with Crippen molar-refractivity contribution in [2.75, 3.05) is 6.61 Å². The Morgan fingerprint density at radius 2 is 2.17 bits per heavy atom. The molecule has 1 heterocycles. The molecular formula is C15H14N2O. The van der Waals surface area contributed by atoms with E-state index in [1.807, 2.05) is 37.3 Å². The van der Waals surface area contributed by atoms with E-state index in [2.05, 4.69) is 11.1 Å². The summed E-state index contributed by atoms with van der Waals surface area (Å²) in [6, 6.07) is 13.5. The maximum absolute atomic E-state index is 8.98. The molecule has 3 nitrogen and oxygen atoms in total. The van der Waals surface area contributed by atoms with Gasteiger partial charge in [0.1, 0.15) is 11.8 Å². The van der Waals surface area contributed by atoms with Gasteiger partial charge in [0.2, 0.25) is 0 Å². The lowest BCUT2D eigenvalue weighted by Crippen LogP contribution is -2.04. The number of benzene rings is 1. The van der Waals surface area contributed by atoms with E-state index in [4.69, 9.17) is 10.00 Å². The van der Waals surface area contributed by atoms with Crippen molar-refractivity contribution in [3.63, 3.8) is 0 Å². The van der Waals surface area contributed by atoms with Crippen LogP contribution in [-0.4, -0.2) is 11.6 Å². The van der Waals surface area contributed by atoms with Crippen LogP contribution in [0.15, 0.2) is 42.6 Å². The van der Waals surface area contributed by atoms with Gasteiger partial charge in [0.25, 0.3) is 0 Å². The molecule has 0 unspecified atom stereocenters. The highest BCUT2D eigenvalue weighted by molar-refractivity contribution is 5.45. The summed E-state index contributed by atoms with van der Waals surface area (Å²) < 4.78 is 5.65. The number of ether oxygens (including phenoxy) is 1. The quantitative estimate of drug-likeness (QED) is 0.822. The third-order valence-corrected chi connectivity index (χ3v) is 2.60. The van der Waals surface area contributed by atoms with Crippen LogP contribution in [0.5, 0.6) is 5.75 Å². The molecule has 0 saturated heterocycles. The predicted octanol–water partition coefficient (Wildman–Crippen LogP) is 2.88. The van der Waals surface area contributed by atoms with Gasteiger partial charge in [0.15, 0.2) is 0 Å². The Labute approximate surface area is 107 Å². The van der Waals surface area contributed by atoms with Crippen LogP contribution in [0, 0.1) is 18.3 Å². The zero-order valence-corrected chi connectivity index (χ0v) is 10.3. The second-order valence-corrected chi connectivity index (χ2v) is 4.03. The summed E-state index contributed by atoms with van der Waals surface area (Å²) in [5, 5.41) is 8.98. The molecule has 2 aromatic rings. The summed E-state index contributed by atoms with van der Waals surface area (Å²) in [6.07, 6.45) is 2.50. The average molecular weight is 238 g/mol. The van der Waals surface area contributed by atoms with Crippen LogP contribution in [0.4, 0.5) is 0 Å². The number of aryl methyl sites for hydroxylation is 1. The van der Waals surface area contributed by atoms with Gasteiger partial charge in [-0.2, -0.15) is 5.26 Å². The van der Waals surface area contributed by atoms with Crippen molar-refractivity contribution in [1.29, 1.82) is 5.26 Å². The maximum atomic E-state index is 8.98. The highest BCUT2D eigenvalue weighted by Gasteiger charge is 2.03. The van der Waals surface area contributed by atoms with Gasteiger partial charge in [-0.1, -0.05) is 12.1 Å². The number of rotatable bonds is 4. The molecule has 0 saturated carbocycles. The lowest BCUT2D eigenvalue weighted by Gasteiger charge is -2.08. The summed E-state index contributed by atoms with van der Waals surface area (Å²) in [6.45, 7) is 2.50. The normalized spacial score (nSPS) is 9.78. The minimum Gasteiger partial charge on any atom is -0.492 e. The smallest absolute Gasteiger partial charge is 0.137 e. The van der Waals surface area contributed by atoms with Crippen molar-refractivity contribution in [3.8, 4) is 11.8 Å². The fourth-order valence-electron chi connectivity index (χ4n) is 1.65. The minimum atomic E-state index is 0.523. The van der Waals surface area contributed by atoms with E-state index < -0.39 is 0 Å². The van der Waals surface area contributed by atoms with Gasteiger partial charge in [0, 0.05) is 18.3 Å². The molecular weight excluding hydrogens is 224 g/mol. The molecule has 0 aliphatic heterocycles. The topological polar surface area (TPSA) is 45.9 Å². The molecule has 0 N–H and O–H groups in total. The molecule has 0 spiro atoms. The van der Waals surface area contributed by atoms with E-state index in [9.17, 15) is 0 Å². The van der Waals surface area contributed by atoms with Crippen molar-refractivity contribution in [3.05, 3.63) is 59.4 Å². The van der Waals surface area contributed by atoms with Crippen LogP contribution in [-0.2, 0) is 6.42 Å². The largest absolute Gasteiger partial charge is 0.492 e.